The predicted molar refractivity (Wildman–Crippen MR) is 85.4 cm³/mol. The summed E-state index contributed by atoms with van der Waals surface area (Å²) in [6.45, 7) is 0. The van der Waals surface area contributed by atoms with Crippen LogP contribution in [-0.4, -0.2) is 20.8 Å². The summed E-state index contributed by atoms with van der Waals surface area (Å²) in [6.07, 6.45) is 2.63. The number of nitrogens with zero attached hydrogens (tertiary/aromatic N) is 2. The number of anilines is 2. The normalized spacial score (nSPS) is 13.3. The summed E-state index contributed by atoms with van der Waals surface area (Å²) in [7, 11) is 0. The van der Waals surface area contributed by atoms with E-state index in [1.807, 2.05) is 23.9 Å². The van der Waals surface area contributed by atoms with Gasteiger partial charge in [-0.05, 0) is 48.4 Å². The summed E-state index contributed by atoms with van der Waals surface area (Å²) in [5.74, 6) is 2.19. The van der Waals surface area contributed by atoms with E-state index in [4.69, 9.17) is 0 Å². The quantitative estimate of drug-likeness (QED) is 0.706. The highest BCUT2D eigenvalue weighted by atomic mass is 32.2. The van der Waals surface area contributed by atoms with Gasteiger partial charge in [0.1, 0.15) is 17.9 Å². The lowest BCUT2D eigenvalue weighted by Gasteiger charge is -2.11. The Hall–Kier alpha value is -2.27. The van der Waals surface area contributed by atoms with Crippen LogP contribution in [0.15, 0.2) is 47.6 Å². The predicted octanol–water partition coefficient (Wildman–Crippen LogP) is 3.73. The van der Waals surface area contributed by atoms with Gasteiger partial charge >= 0.3 is 0 Å². The van der Waals surface area contributed by atoms with Crippen molar-refractivity contribution in [1.29, 1.82) is 0 Å². The van der Waals surface area contributed by atoms with Crippen LogP contribution in [0, 0.1) is 0 Å². The maximum Gasteiger partial charge on any atom is 0.142 e. The van der Waals surface area contributed by atoms with Gasteiger partial charge in [0.2, 0.25) is 0 Å². The standard InChI is InChI=1S/C16H13N3OS/c20-11-3-1-10(2-4-11)19-16-15-12-7-8-21-14(12)6-5-13(15)17-9-18-16/h1-6,9,20H,7-8H2,(H,17,18,19). The summed E-state index contributed by atoms with van der Waals surface area (Å²) in [6, 6.07) is 11.2. The molecule has 104 valence electrons. The molecular weight excluding hydrogens is 282 g/mol. The molecule has 0 bridgehead atoms. The van der Waals surface area contributed by atoms with Crippen LogP contribution in [0.1, 0.15) is 5.56 Å². The minimum Gasteiger partial charge on any atom is -0.508 e. The second-order valence-electron chi connectivity index (χ2n) is 4.93. The molecular formula is C16H13N3OS. The zero-order chi connectivity index (χ0) is 14.2. The molecule has 0 amide bonds. The fraction of sp³-hybridized carbons (Fsp3) is 0.125. The Balaban J connectivity index is 1.85. The molecule has 0 saturated heterocycles. The number of aryl methyl sites for hydroxylation is 1. The summed E-state index contributed by atoms with van der Waals surface area (Å²) in [5, 5.41) is 13.8. The molecule has 5 heteroatoms. The van der Waals surface area contributed by atoms with E-state index in [-0.39, 0.29) is 5.75 Å². The minimum atomic E-state index is 0.255. The van der Waals surface area contributed by atoms with Crippen LogP contribution >= 0.6 is 11.8 Å². The third kappa shape index (κ3) is 2.19. The molecule has 0 radical (unpaired) electrons. The number of hydrogen-bond acceptors (Lipinski definition) is 5. The molecule has 3 aromatic rings. The van der Waals surface area contributed by atoms with Crippen LogP contribution in [0.2, 0.25) is 0 Å². The smallest absolute Gasteiger partial charge is 0.142 e. The number of hydrogen-bond donors (Lipinski definition) is 2. The molecule has 4 nitrogen and oxygen atoms in total. The molecule has 2 aromatic carbocycles. The van der Waals surface area contributed by atoms with Crippen molar-refractivity contribution < 1.29 is 5.11 Å². The van der Waals surface area contributed by atoms with E-state index in [2.05, 4.69) is 27.4 Å². The van der Waals surface area contributed by atoms with Crippen LogP contribution < -0.4 is 5.32 Å². The van der Waals surface area contributed by atoms with Gasteiger partial charge in [0.05, 0.1) is 5.52 Å². The first-order chi connectivity index (χ1) is 10.3. The van der Waals surface area contributed by atoms with E-state index in [0.29, 0.717) is 0 Å². The maximum atomic E-state index is 9.37. The van der Waals surface area contributed by atoms with Crippen LogP contribution in [-0.2, 0) is 6.42 Å². The summed E-state index contributed by atoms with van der Waals surface area (Å²) < 4.78 is 0. The largest absolute Gasteiger partial charge is 0.508 e. The Labute approximate surface area is 126 Å². The molecule has 4 rings (SSSR count). The highest BCUT2D eigenvalue weighted by Crippen LogP contribution is 2.38. The summed E-state index contributed by atoms with van der Waals surface area (Å²) in [5.41, 5.74) is 3.20. The van der Waals surface area contributed by atoms with Crippen LogP contribution in [0.3, 0.4) is 0 Å². The average molecular weight is 295 g/mol. The Morgan fingerprint density at radius 3 is 2.76 bits per heavy atom. The van der Waals surface area contributed by atoms with Gasteiger partial charge in [-0.1, -0.05) is 0 Å². The zero-order valence-electron chi connectivity index (χ0n) is 11.2. The van der Waals surface area contributed by atoms with Crippen LogP contribution in [0.25, 0.3) is 10.9 Å². The number of thioether (sulfide) groups is 1. The number of fused-ring (bicyclic) bond motifs is 3. The fourth-order valence-electron chi connectivity index (χ4n) is 2.62. The van der Waals surface area contributed by atoms with Gasteiger partial charge in [0, 0.05) is 21.7 Å². The first kappa shape index (κ1) is 12.5. The van der Waals surface area contributed by atoms with Gasteiger partial charge in [0.15, 0.2) is 0 Å². The van der Waals surface area contributed by atoms with Crippen molar-refractivity contribution in [2.75, 3.05) is 11.1 Å². The van der Waals surface area contributed by atoms with E-state index < -0.39 is 0 Å². The van der Waals surface area contributed by atoms with Gasteiger partial charge in [0.25, 0.3) is 0 Å². The minimum absolute atomic E-state index is 0.255. The molecule has 0 spiro atoms. The molecule has 2 N–H and O–H groups in total. The average Bonchev–Trinajstić information content (AvgIpc) is 2.98. The topological polar surface area (TPSA) is 58.0 Å². The molecule has 0 saturated carbocycles. The Morgan fingerprint density at radius 2 is 1.90 bits per heavy atom. The molecule has 0 atom stereocenters. The molecule has 21 heavy (non-hydrogen) atoms. The Bertz CT molecular complexity index is 818. The van der Waals surface area contributed by atoms with E-state index in [9.17, 15) is 5.11 Å². The van der Waals surface area contributed by atoms with Crippen molar-refractivity contribution >= 4 is 34.2 Å². The van der Waals surface area contributed by atoms with Crippen molar-refractivity contribution in [2.45, 2.75) is 11.3 Å². The highest BCUT2D eigenvalue weighted by molar-refractivity contribution is 7.99. The second kappa shape index (κ2) is 4.93. The van der Waals surface area contributed by atoms with Crippen molar-refractivity contribution in [3.05, 3.63) is 48.3 Å². The van der Waals surface area contributed by atoms with Crippen LogP contribution in [0.5, 0.6) is 5.75 Å². The Morgan fingerprint density at radius 1 is 1.05 bits per heavy atom. The number of phenolic OH excluding ortho intramolecular Hbond substituents is 1. The molecule has 0 aliphatic carbocycles. The fourth-order valence-corrected chi connectivity index (χ4v) is 3.69. The maximum absolute atomic E-state index is 9.37. The van der Waals surface area contributed by atoms with Gasteiger partial charge in [-0.2, -0.15) is 0 Å². The number of aromatic nitrogens is 2. The first-order valence-corrected chi connectivity index (χ1v) is 7.75. The van der Waals surface area contributed by atoms with Crippen LogP contribution in [0.4, 0.5) is 11.5 Å². The molecule has 1 aliphatic heterocycles. The van der Waals surface area contributed by atoms with E-state index >= 15 is 0 Å². The molecule has 0 unspecified atom stereocenters. The monoisotopic (exact) mass is 295 g/mol. The molecule has 1 aromatic heterocycles. The highest BCUT2D eigenvalue weighted by Gasteiger charge is 2.18. The zero-order valence-corrected chi connectivity index (χ0v) is 12.0. The van der Waals surface area contributed by atoms with E-state index in [0.717, 1.165) is 34.6 Å². The van der Waals surface area contributed by atoms with Crippen molar-refractivity contribution in [2.24, 2.45) is 0 Å². The third-order valence-corrected chi connectivity index (χ3v) is 4.71. The number of aromatic hydroxyl groups is 1. The Kier molecular flexibility index (Phi) is 2.93. The lowest BCUT2D eigenvalue weighted by Crippen LogP contribution is -1.98. The van der Waals surface area contributed by atoms with Crippen molar-refractivity contribution in [3.63, 3.8) is 0 Å². The second-order valence-corrected chi connectivity index (χ2v) is 6.07. The van der Waals surface area contributed by atoms with Crippen molar-refractivity contribution in [1.82, 2.24) is 9.97 Å². The first-order valence-electron chi connectivity index (χ1n) is 6.77. The van der Waals surface area contributed by atoms with Gasteiger partial charge < -0.3 is 10.4 Å². The van der Waals surface area contributed by atoms with E-state index in [1.165, 1.54) is 10.5 Å². The molecule has 2 heterocycles. The number of nitrogens with one attached hydrogen (secondary N) is 1. The van der Waals surface area contributed by atoms with Crippen molar-refractivity contribution in [3.8, 4) is 5.75 Å². The van der Waals surface area contributed by atoms with E-state index in [1.54, 1.807) is 18.5 Å². The number of rotatable bonds is 2. The summed E-state index contributed by atoms with van der Waals surface area (Å²) >= 11 is 1.88. The molecule has 0 fully saturated rings. The molecule has 1 aliphatic rings. The van der Waals surface area contributed by atoms with Gasteiger partial charge in [-0.15, -0.1) is 11.8 Å². The third-order valence-electron chi connectivity index (χ3n) is 3.61. The van der Waals surface area contributed by atoms with Gasteiger partial charge in [-0.3, -0.25) is 0 Å². The number of phenols is 1. The van der Waals surface area contributed by atoms with Gasteiger partial charge in [-0.25, -0.2) is 9.97 Å². The summed E-state index contributed by atoms with van der Waals surface area (Å²) in [4.78, 5) is 10.1. The SMILES string of the molecule is Oc1ccc(Nc2ncnc3ccc4c(c23)CCS4)cc1. The lowest BCUT2D eigenvalue weighted by molar-refractivity contribution is 0.475. The lowest BCUT2D eigenvalue weighted by atomic mass is 10.1. The number of benzene rings is 2.